The number of aliphatic hydroxyl groups excluding tert-OH is 1. The number of hydrogen-bond donors (Lipinski definition) is 1. The van der Waals surface area contributed by atoms with Crippen molar-refractivity contribution in [1.29, 1.82) is 0 Å². The van der Waals surface area contributed by atoms with Crippen molar-refractivity contribution in [3.63, 3.8) is 0 Å². The van der Waals surface area contributed by atoms with Gasteiger partial charge in [-0.2, -0.15) is 0 Å². The van der Waals surface area contributed by atoms with Crippen molar-refractivity contribution in [3.05, 3.63) is 46.5 Å². The number of halogens is 1. The zero-order valence-corrected chi connectivity index (χ0v) is 23.4. The molecule has 3 aliphatic rings. The van der Waals surface area contributed by atoms with E-state index < -0.39 is 0 Å². The SMILES string of the molecule is Cc1ccc(CC(=O)C[C@H](CCO)c2nnc(C3CC4(CCC(C)(C)CC4)C3)n2C2CC2)c(C)c1.Cl. The van der Waals surface area contributed by atoms with Gasteiger partial charge in [0, 0.05) is 37.3 Å². The largest absolute Gasteiger partial charge is 0.396 e. The molecule has 198 valence electrons. The lowest BCUT2D eigenvalue weighted by Crippen LogP contribution is -2.41. The van der Waals surface area contributed by atoms with Crippen LogP contribution in [0, 0.1) is 24.7 Å². The molecule has 1 aromatic heterocycles. The molecule has 3 saturated carbocycles. The highest BCUT2D eigenvalue weighted by Gasteiger charge is 2.50. The number of carbonyl (C=O) groups excluding carboxylic acids is 1. The lowest BCUT2D eigenvalue weighted by Gasteiger charge is -2.53. The van der Waals surface area contributed by atoms with E-state index in [4.69, 9.17) is 10.2 Å². The number of hydrogen-bond acceptors (Lipinski definition) is 4. The predicted molar refractivity (Wildman–Crippen MR) is 146 cm³/mol. The number of benzene rings is 1. The van der Waals surface area contributed by atoms with E-state index in [1.807, 2.05) is 0 Å². The molecule has 1 N–H and O–H groups in total. The van der Waals surface area contributed by atoms with E-state index in [0.29, 0.717) is 42.1 Å². The minimum atomic E-state index is -0.0652. The number of aromatic nitrogens is 3. The Kier molecular flexibility index (Phi) is 8.02. The van der Waals surface area contributed by atoms with E-state index in [0.717, 1.165) is 17.2 Å². The Morgan fingerprint density at radius 1 is 1.11 bits per heavy atom. The van der Waals surface area contributed by atoms with Gasteiger partial charge < -0.3 is 9.67 Å². The second kappa shape index (κ2) is 10.6. The van der Waals surface area contributed by atoms with Gasteiger partial charge in [0.1, 0.15) is 17.4 Å². The van der Waals surface area contributed by atoms with Crippen molar-refractivity contribution in [3.8, 4) is 0 Å². The van der Waals surface area contributed by atoms with Crippen molar-refractivity contribution in [2.75, 3.05) is 6.61 Å². The van der Waals surface area contributed by atoms with E-state index in [9.17, 15) is 9.90 Å². The van der Waals surface area contributed by atoms with Crippen LogP contribution in [-0.4, -0.2) is 32.3 Å². The van der Waals surface area contributed by atoms with E-state index >= 15 is 0 Å². The van der Waals surface area contributed by atoms with Gasteiger partial charge in [0.15, 0.2) is 0 Å². The summed E-state index contributed by atoms with van der Waals surface area (Å²) in [6.07, 6.45) is 11.6. The highest BCUT2D eigenvalue weighted by molar-refractivity contribution is 5.85. The highest BCUT2D eigenvalue weighted by atomic mass is 35.5. The molecule has 0 aliphatic heterocycles. The number of nitrogens with zero attached hydrogens (tertiary/aromatic N) is 3. The number of carbonyl (C=O) groups is 1. The third-order valence-electron chi connectivity index (χ3n) is 9.25. The van der Waals surface area contributed by atoms with Gasteiger partial charge in [-0.1, -0.05) is 37.6 Å². The summed E-state index contributed by atoms with van der Waals surface area (Å²) in [7, 11) is 0. The Balaban J connectivity index is 0.00000304. The van der Waals surface area contributed by atoms with Gasteiger partial charge >= 0.3 is 0 Å². The van der Waals surface area contributed by atoms with Gasteiger partial charge in [0.2, 0.25) is 0 Å². The van der Waals surface area contributed by atoms with Crippen LogP contribution in [0.2, 0.25) is 0 Å². The fourth-order valence-electron chi connectivity index (χ4n) is 6.70. The lowest BCUT2D eigenvalue weighted by atomic mass is 9.52. The van der Waals surface area contributed by atoms with Crippen LogP contribution in [0.15, 0.2) is 18.2 Å². The van der Waals surface area contributed by atoms with Gasteiger partial charge in [0.25, 0.3) is 0 Å². The normalized spacial score (nSPS) is 21.6. The second-order valence-corrected chi connectivity index (χ2v) is 12.8. The molecular weight excluding hydrogens is 470 g/mol. The molecule has 1 spiro atoms. The number of rotatable bonds is 9. The average Bonchev–Trinajstić information content (AvgIpc) is 3.52. The molecule has 0 radical (unpaired) electrons. The third kappa shape index (κ3) is 5.72. The van der Waals surface area contributed by atoms with Crippen molar-refractivity contribution in [1.82, 2.24) is 14.8 Å². The minimum Gasteiger partial charge on any atom is -0.396 e. The number of ketones is 1. The Morgan fingerprint density at radius 3 is 2.42 bits per heavy atom. The molecule has 1 atom stereocenters. The molecule has 1 heterocycles. The Morgan fingerprint density at radius 2 is 1.81 bits per heavy atom. The second-order valence-electron chi connectivity index (χ2n) is 12.8. The monoisotopic (exact) mass is 513 g/mol. The van der Waals surface area contributed by atoms with Crippen molar-refractivity contribution < 1.29 is 9.90 Å². The first-order valence-electron chi connectivity index (χ1n) is 13.8. The first kappa shape index (κ1) is 27.3. The van der Waals surface area contributed by atoms with Gasteiger partial charge in [-0.05, 0) is 93.6 Å². The van der Waals surface area contributed by atoms with E-state index in [1.165, 1.54) is 62.5 Å². The Bertz CT molecular complexity index is 1070. The van der Waals surface area contributed by atoms with E-state index in [2.05, 4.69) is 50.5 Å². The van der Waals surface area contributed by atoms with Gasteiger partial charge in [-0.3, -0.25) is 4.79 Å². The summed E-state index contributed by atoms with van der Waals surface area (Å²) in [5.74, 6) is 2.75. The van der Waals surface area contributed by atoms with Crippen LogP contribution in [-0.2, 0) is 11.2 Å². The summed E-state index contributed by atoms with van der Waals surface area (Å²) < 4.78 is 2.40. The Hall–Kier alpha value is -1.72. The van der Waals surface area contributed by atoms with Crippen molar-refractivity contribution >= 4 is 18.2 Å². The quantitative estimate of drug-likeness (QED) is 0.401. The van der Waals surface area contributed by atoms with E-state index in [-0.39, 0.29) is 30.7 Å². The maximum Gasteiger partial charge on any atom is 0.138 e. The zero-order chi connectivity index (χ0) is 24.8. The number of aliphatic hydroxyl groups is 1. The molecular formula is C30H44ClN3O2. The molecule has 6 heteroatoms. The molecule has 3 aliphatic carbocycles. The summed E-state index contributed by atoms with van der Waals surface area (Å²) in [6, 6.07) is 6.78. The van der Waals surface area contributed by atoms with E-state index in [1.54, 1.807) is 0 Å². The lowest BCUT2D eigenvalue weighted by molar-refractivity contribution is -0.118. The standard InChI is InChI=1S/C30H43N3O2.ClH/c1-20-5-6-22(21(2)15-20)16-26(35)17-23(9-14-34)27-31-32-28(33(27)25-7-8-25)24-18-30(19-24)12-10-29(3,4)11-13-30;/h5-6,15,23-25,34H,7-14,16-19H2,1-4H3;1H/t23-;/m0./s1. The predicted octanol–water partition coefficient (Wildman–Crippen LogP) is 6.78. The van der Waals surface area contributed by atoms with Crippen LogP contribution >= 0.6 is 12.4 Å². The maximum atomic E-state index is 13.1. The molecule has 5 rings (SSSR count). The van der Waals surface area contributed by atoms with Crippen molar-refractivity contribution in [2.24, 2.45) is 10.8 Å². The fourth-order valence-corrected chi connectivity index (χ4v) is 6.70. The molecule has 0 bridgehead atoms. The summed E-state index contributed by atoms with van der Waals surface area (Å²) in [5.41, 5.74) is 4.51. The summed E-state index contributed by atoms with van der Waals surface area (Å²) >= 11 is 0. The molecule has 2 aromatic rings. The van der Waals surface area contributed by atoms with Crippen LogP contribution in [0.1, 0.15) is 124 Å². The molecule has 3 fully saturated rings. The molecule has 1 aromatic carbocycles. The fraction of sp³-hybridized carbons (Fsp3) is 0.700. The van der Waals surface area contributed by atoms with Crippen LogP contribution in [0.5, 0.6) is 0 Å². The minimum absolute atomic E-state index is 0. The molecule has 5 nitrogen and oxygen atoms in total. The van der Waals surface area contributed by atoms with Gasteiger partial charge in [0.05, 0.1) is 0 Å². The first-order valence-corrected chi connectivity index (χ1v) is 13.8. The number of Topliss-reactive ketones (excluding diaryl/α,β-unsaturated/α-hetero) is 1. The average molecular weight is 514 g/mol. The van der Waals surface area contributed by atoms with Crippen LogP contribution in [0.25, 0.3) is 0 Å². The van der Waals surface area contributed by atoms with Gasteiger partial charge in [-0.15, -0.1) is 22.6 Å². The molecule has 0 saturated heterocycles. The first-order chi connectivity index (χ1) is 16.7. The molecule has 36 heavy (non-hydrogen) atoms. The van der Waals surface area contributed by atoms with Crippen LogP contribution in [0.3, 0.4) is 0 Å². The summed E-state index contributed by atoms with van der Waals surface area (Å²) in [5, 5.41) is 19.3. The maximum absolute atomic E-state index is 13.1. The topological polar surface area (TPSA) is 68.0 Å². The molecule has 0 amide bonds. The van der Waals surface area contributed by atoms with Crippen molar-refractivity contribution in [2.45, 2.75) is 116 Å². The van der Waals surface area contributed by atoms with Crippen LogP contribution in [0.4, 0.5) is 0 Å². The number of aryl methyl sites for hydroxylation is 2. The third-order valence-corrected chi connectivity index (χ3v) is 9.25. The van der Waals surface area contributed by atoms with Crippen LogP contribution < -0.4 is 0 Å². The van der Waals surface area contributed by atoms with Gasteiger partial charge in [-0.25, -0.2) is 0 Å². The molecule has 0 unspecified atom stereocenters. The Labute approximate surface area is 222 Å². The zero-order valence-electron chi connectivity index (χ0n) is 22.6. The summed E-state index contributed by atoms with van der Waals surface area (Å²) in [4.78, 5) is 13.1. The smallest absolute Gasteiger partial charge is 0.138 e. The highest BCUT2D eigenvalue weighted by Crippen LogP contribution is 2.61. The summed E-state index contributed by atoms with van der Waals surface area (Å²) in [6.45, 7) is 9.05.